The van der Waals surface area contributed by atoms with Crippen molar-refractivity contribution >= 4 is 5.69 Å². The summed E-state index contributed by atoms with van der Waals surface area (Å²) in [6.45, 7) is 11.7. The normalized spacial score (nSPS) is 13.3. The molecule has 1 aromatic heterocycles. The molecule has 1 rings (SSSR count). The monoisotopic (exact) mass is 249 g/mol. The Kier molecular flexibility index (Phi) is 5.15. The van der Waals surface area contributed by atoms with Crippen molar-refractivity contribution in [2.24, 2.45) is 5.92 Å². The second-order valence-electron chi connectivity index (χ2n) is 5.82. The molecule has 3 heteroatoms. The third-order valence-corrected chi connectivity index (χ3v) is 3.64. The fourth-order valence-corrected chi connectivity index (χ4v) is 2.21. The summed E-state index contributed by atoms with van der Waals surface area (Å²) in [6, 6.07) is 0.564. The molecular formula is C15H27N3. The van der Waals surface area contributed by atoms with E-state index in [2.05, 4.69) is 44.6 Å². The van der Waals surface area contributed by atoms with Gasteiger partial charge in [0.25, 0.3) is 0 Å². The fourth-order valence-electron chi connectivity index (χ4n) is 2.21. The van der Waals surface area contributed by atoms with E-state index in [1.807, 2.05) is 13.1 Å². The molecule has 0 aliphatic rings. The van der Waals surface area contributed by atoms with Crippen LogP contribution in [0.3, 0.4) is 0 Å². The van der Waals surface area contributed by atoms with Gasteiger partial charge in [-0.15, -0.1) is 0 Å². The summed E-state index contributed by atoms with van der Waals surface area (Å²) in [5, 5.41) is 0. The highest BCUT2D eigenvalue weighted by Crippen LogP contribution is 2.20. The third-order valence-electron chi connectivity index (χ3n) is 3.64. The zero-order chi connectivity index (χ0) is 13.9. The van der Waals surface area contributed by atoms with Gasteiger partial charge >= 0.3 is 0 Å². The molecule has 2 N–H and O–H groups in total. The van der Waals surface area contributed by atoms with Crippen LogP contribution in [-0.2, 0) is 6.54 Å². The first-order chi connectivity index (χ1) is 8.32. The number of anilines is 1. The van der Waals surface area contributed by atoms with Gasteiger partial charge in [0.2, 0.25) is 0 Å². The summed E-state index contributed by atoms with van der Waals surface area (Å²) in [4.78, 5) is 6.87. The molecule has 0 radical (unpaired) electrons. The molecule has 3 nitrogen and oxygen atoms in total. The Bertz CT molecular complexity index is 399. The van der Waals surface area contributed by atoms with E-state index in [-0.39, 0.29) is 0 Å². The number of nitrogens with zero attached hydrogens (tertiary/aromatic N) is 2. The van der Waals surface area contributed by atoms with Crippen molar-refractivity contribution in [2.45, 2.75) is 53.6 Å². The minimum Gasteiger partial charge on any atom is -0.398 e. The van der Waals surface area contributed by atoms with Crippen molar-refractivity contribution in [3.8, 4) is 0 Å². The zero-order valence-corrected chi connectivity index (χ0v) is 12.6. The predicted molar refractivity (Wildman–Crippen MR) is 78.5 cm³/mol. The highest BCUT2D eigenvalue weighted by molar-refractivity contribution is 5.53. The van der Waals surface area contributed by atoms with Crippen LogP contribution >= 0.6 is 0 Å². The summed E-state index contributed by atoms with van der Waals surface area (Å²) in [7, 11) is 2.16. The van der Waals surface area contributed by atoms with E-state index in [4.69, 9.17) is 5.73 Å². The maximum absolute atomic E-state index is 6.06. The molecule has 1 unspecified atom stereocenters. The predicted octanol–water partition coefficient (Wildman–Crippen LogP) is 3.15. The molecule has 0 bridgehead atoms. The Morgan fingerprint density at radius 3 is 2.44 bits per heavy atom. The molecule has 102 valence electrons. The summed E-state index contributed by atoms with van der Waals surface area (Å²) >= 11 is 0. The van der Waals surface area contributed by atoms with Gasteiger partial charge in [-0.05, 0) is 51.3 Å². The lowest BCUT2D eigenvalue weighted by Gasteiger charge is -2.26. The topological polar surface area (TPSA) is 42.2 Å². The zero-order valence-electron chi connectivity index (χ0n) is 12.6. The summed E-state index contributed by atoms with van der Waals surface area (Å²) < 4.78 is 0. The minimum atomic E-state index is 0.564. The van der Waals surface area contributed by atoms with Gasteiger partial charge in [0.1, 0.15) is 0 Å². The second kappa shape index (κ2) is 6.19. The third kappa shape index (κ3) is 3.70. The van der Waals surface area contributed by atoms with Crippen LogP contribution in [0, 0.1) is 19.8 Å². The summed E-state index contributed by atoms with van der Waals surface area (Å²) in [6.07, 6.45) is 3.08. The average Bonchev–Trinajstić information content (AvgIpc) is 2.29. The van der Waals surface area contributed by atoms with E-state index in [0.29, 0.717) is 6.04 Å². The van der Waals surface area contributed by atoms with E-state index in [0.717, 1.165) is 35.0 Å². The lowest BCUT2D eigenvalue weighted by atomic mass is 10.0. The van der Waals surface area contributed by atoms with Crippen molar-refractivity contribution in [3.63, 3.8) is 0 Å². The molecule has 0 aliphatic heterocycles. The van der Waals surface area contributed by atoms with Crippen LogP contribution in [0.5, 0.6) is 0 Å². The van der Waals surface area contributed by atoms with E-state index in [1.54, 1.807) is 0 Å². The Morgan fingerprint density at radius 2 is 1.89 bits per heavy atom. The van der Waals surface area contributed by atoms with E-state index in [1.165, 1.54) is 6.42 Å². The molecule has 0 aliphatic carbocycles. The highest BCUT2D eigenvalue weighted by Gasteiger charge is 2.14. The molecule has 0 saturated carbocycles. The number of rotatable bonds is 5. The van der Waals surface area contributed by atoms with Gasteiger partial charge in [-0.1, -0.05) is 13.8 Å². The summed E-state index contributed by atoms with van der Waals surface area (Å²) in [5.74, 6) is 0.722. The van der Waals surface area contributed by atoms with Crippen molar-refractivity contribution in [1.82, 2.24) is 9.88 Å². The number of aryl methyl sites for hydroxylation is 1. The van der Waals surface area contributed by atoms with Crippen LogP contribution in [0.25, 0.3) is 0 Å². The Balaban J connectivity index is 2.76. The van der Waals surface area contributed by atoms with E-state index in [9.17, 15) is 0 Å². The van der Waals surface area contributed by atoms with Crippen LogP contribution in [-0.4, -0.2) is 23.0 Å². The van der Waals surface area contributed by atoms with Crippen molar-refractivity contribution in [3.05, 3.63) is 23.0 Å². The summed E-state index contributed by atoms with van der Waals surface area (Å²) in [5.41, 5.74) is 10.2. The fraction of sp³-hybridized carbons (Fsp3) is 0.667. The molecular weight excluding hydrogens is 222 g/mol. The maximum Gasteiger partial charge on any atom is 0.0593 e. The van der Waals surface area contributed by atoms with Crippen molar-refractivity contribution < 1.29 is 0 Å². The first-order valence-corrected chi connectivity index (χ1v) is 6.73. The second-order valence-corrected chi connectivity index (χ2v) is 5.82. The van der Waals surface area contributed by atoms with Crippen LogP contribution in [0.4, 0.5) is 5.69 Å². The van der Waals surface area contributed by atoms with Gasteiger partial charge in [-0.25, -0.2) is 0 Å². The molecule has 0 saturated heterocycles. The van der Waals surface area contributed by atoms with Crippen molar-refractivity contribution in [1.29, 1.82) is 0 Å². The standard InChI is InChI=1S/C15H27N3/c1-10(2)7-12(4)18(6)9-14-13(5)15(16)11(3)8-17-14/h8,10,12H,7,9H2,1-6H3,(H2,16,17). The molecule has 0 fully saturated rings. The van der Waals surface area contributed by atoms with Gasteiger partial charge in [0.05, 0.1) is 5.69 Å². The average molecular weight is 249 g/mol. The minimum absolute atomic E-state index is 0.564. The van der Waals surface area contributed by atoms with Gasteiger partial charge in [-0.3, -0.25) is 9.88 Å². The highest BCUT2D eigenvalue weighted by atomic mass is 15.1. The first kappa shape index (κ1) is 15.0. The van der Waals surface area contributed by atoms with Gasteiger partial charge in [0.15, 0.2) is 0 Å². The molecule has 1 aromatic rings. The number of nitrogen functional groups attached to an aromatic ring is 1. The van der Waals surface area contributed by atoms with Crippen molar-refractivity contribution in [2.75, 3.05) is 12.8 Å². The Hall–Kier alpha value is -1.09. The van der Waals surface area contributed by atoms with Crippen LogP contribution in [0.1, 0.15) is 44.0 Å². The quantitative estimate of drug-likeness (QED) is 0.871. The lowest BCUT2D eigenvalue weighted by molar-refractivity contribution is 0.218. The van der Waals surface area contributed by atoms with Gasteiger partial charge in [0, 0.05) is 24.5 Å². The maximum atomic E-state index is 6.06. The first-order valence-electron chi connectivity index (χ1n) is 6.73. The van der Waals surface area contributed by atoms with Crippen LogP contribution in [0.2, 0.25) is 0 Å². The number of hydrogen-bond donors (Lipinski definition) is 1. The molecule has 0 spiro atoms. The van der Waals surface area contributed by atoms with Crippen LogP contribution in [0.15, 0.2) is 6.20 Å². The van der Waals surface area contributed by atoms with E-state index >= 15 is 0 Å². The lowest BCUT2D eigenvalue weighted by Crippen LogP contribution is -2.30. The molecule has 0 amide bonds. The smallest absolute Gasteiger partial charge is 0.0593 e. The SMILES string of the molecule is Cc1cnc(CN(C)C(C)CC(C)C)c(C)c1N. The van der Waals surface area contributed by atoms with Gasteiger partial charge in [-0.2, -0.15) is 0 Å². The van der Waals surface area contributed by atoms with Crippen LogP contribution < -0.4 is 5.73 Å². The van der Waals surface area contributed by atoms with Gasteiger partial charge < -0.3 is 5.73 Å². The molecule has 0 aromatic carbocycles. The molecule has 18 heavy (non-hydrogen) atoms. The Labute approximate surface area is 111 Å². The Morgan fingerprint density at radius 1 is 1.28 bits per heavy atom. The largest absolute Gasteiger partial charge is 0.398 e. The number of pyridine rings is 1. The number of hydrogen-bond acceptors (Lipinski definition) is 3. The van der Waals surface area contributed by atoms with E-state index < -0.39 is 0 Å². The molecule has 1 heterocycles. The molecule has 1 atom stereocenters. The number of nitrogens with two attached hydrogens (primary N) is 1. The number of aromatic nitrogens is 1.